The van der Waals surface area contributed by atoms with Crippen LogP contribution in [-0.4, -0.2) is 22.2 Å². The lowest BCUT2D eigenvalue weighted by Crippen LogP contribution is -1.95. The number of aromatic nitrogens is 2. The first-order valence-corrected chi connectivity index (χ1v) is 6.13. The van der Waals surface area contributed by atoms with E-state index in [4.69, 9.17) is 4.74 Å². The molecule has 98 valence electrons. The van der Waals surface area contributed by atoms with Crippen LogP contribution in [0.4, 0.5) is 0 Å². The van der Waals surface area contributed by atoms with E-state index < -0.39 is 0 Å². The molecule has 4 heteroatoms. The van der Waals surface area contributed by atoms with Gasteiger partial charge in [-0.05, 0) is 25.1 Å². The van der Waals surface area contributed by atoms with E-state index in [9.17, 15) is 4.79 Å². The zero-order valence-corrected chi connectivity index (χ0v) is 11.0. The Balaban J connectivity index is 2.16. The Morgan fingerprint density at radius 3 is 2.89 bits per heavy atom. The van der Waals surface area contributed by atoms with E-state index in [1.807, 2.05) is 31.2 Å². The fourth-order valence-corrected chi connectivity index (χ4v) is 1.72. The highest BCUT2D eigenvalue weighted by Gasteiger charge is 2.04. The largest absolute Gasteiger partial charge is 0.493 e. The first-order chi connectivity index (χ1) is 9.20. The van der Waals surface area contributed by atoms with E-state index in [0.717, 1.165) is 11.3 Å². The minimum atomic E-state index is -0.0700. The molecule has 0 N–H and O–H groups in total. The molecule has 0 aliphatic heterocycles. The van der Waals surface area contributed by atoms with Gasteiger partial charge >= 0.3 is 0 Å². The zero-order valence-electron chi connectivity index (χ0n) is 11.0. The molecule has 4 nitrogen and oxygen atoms in total. The van der Waals surface area contributed by atoms with E-state index in [1.54, 1.807) is 30.2 Å². The van der Waals surface area contributed by atoms with Crippen molar-refractivity contribution in [2.45, 2.75) is 6.92 Å². The van der Waals surface area contributed by atoms with Gasteiger partial charge in [-0.3, -0.25) is 9.48 Å². The lowest BCUT2D eigenvalue weighted by Gasteiger charge is -2.05. The summed E-state index contributed by atoms with van der Waals surface area (Å²) >= 11 is 0. The Morgan fingerprint density at radius 2 is 2.21 bits per heavy atom. The number of ketones is 1. The van der Waals surface area contributed by atoms with E-state index in [0.29, 0.717) is 12.2 Å². The van der Waals surface area contributed by atoms with Crippen molar-refractivity contribution in [3.63, 3.8) is 0 Å². The highest BCUT2D eigenvalue weighted by molar-refractivity contribution is 6.06. The van der Waals surface area contributed by atoms with Gasteiger partial charge in [-0.25, -0.2) is 0 Å². The third-order valence-corrected chi connectivity index (χ3v) is 2.62. The van der Waals surface area contributed by atoms with Crippen LogP contribution < -0.4 is 4.74 Å². The van der Waals surface area contributed by atoms with Crippen molar-refractivity contribution in [1.82, 2.24) is 9.78 Å². The van der Waals surface area contributed by atoms with Crippen molar-refractivity contribution >= 4 is 11.9 Å². The molecule has 0 aliphatic rings. The SMILES string of the molecule is CCOc1ccccc1/C=C/C(=O)c1cnn(C)c1. The molecular weight excluding hydrogens is 240 g/mol. The average molecular weight is 256 g/mol. The predicted octanol–water partition coefficient (Wildman–Crippen LogP) is 2.71. The van der Waals surface area contributed by atoms with Crippen molar-refractivity contribution in [3.8, 4) is 5.75 Å². The maximum Gasteiger partial charge on any atom is 0.189 e. The summed E-state index contributed by atoms with van der Waals surface area (Å²) in [5, 5.41) is 3.98. The van der Waals surface area contributed by atoms with Crippen LogP contribution in [0.3, 0.4) is 0 Å². The molecule has 1 heterocycles. The number of rotatable bonds is 5. The van der Waals surface area contributed by atoms with Crippen LogP contribution in [0.15, 0.2) is 42.7 Å². The minimum absolute atomic E-state index is 0.0700. The molecule has 0 spiro atoms. The summed E-state index contributed by atoms with van der Waals surface area (Å²) in [4.78, 5) is 11.9. The highest BCUT2D eigenvalue weighted by atomic mass is 16.5. The maximum absolute atomic E-state index is 11.9. The number of carbonyl (C=O) groups is 1. The van der Waals surface area contributed by atoms with Crippen LogP contribution in [0.1, 0.15) is 22.8 Å². The molecule has 0 aliphatic carbocycles. The molecule has 19 heavy (non-hydrogen) atoms. The molecule has 0 bridgehead atoms. The monoisotopic (exact) mass is 256 g/mol. The molecular formula is C15H16N2O2. The number of para-hydroxylation sites is 1. The fraction of sp³-hybridized carbons (Fsp3) is 0.200. The van der Waals surface area contributed by atoms with Crippen molar-refractivity contribution in [1.29, 1.82) is 0 Å². The number of nitrogens with zero attached hydrogens (tertiary/aromatic N) is 2. The topological polar surface area (TPSA) is 44.1 Å². The number of hydrogen-bond acceptors (Lipinski definition) is 3. The molecule has 0 unspecified atom stereocenters. The summed E-state index contributed by atoms with van der Waals surface area (Å²) in [6.45, 7) is 2.53. The average Bonchev–Trinajstić information content (AvgIpc) is 2.84. The van der Waals surface area contributed by atoms with Crippen molar-refractivity contribution in [2.75, 3.05) is 6.61 Å². The van der Waals surface area contributed by atoms with Gasteiger partial charge in [0, 0.05) is 18.8 Å². The lowest BCUT2D eigenvalue weighted by molar-refractivity contribution is 0.104. The van der Waals surface area contributed by atoms with Gasteiger partial charge in [0.15, 0.2) is 5.78 Å². The van der Waals surface area contributed by atoms with Gasteiger partial charge in [0.25, 0.3) is 0 Å². The molecule has 0 amide bonds. The van der Waals surface area contributed by atoms with Crippen molar-refractivity contribution in [2.24, 2.45) is 7.05 Å². The van der Waals surface area contributed by atoms with E-state index in [2.05, 4.69) is 5.10 Å². The molecule has 2 rings (SSSR count). The van der Waals surface area contributed by atoms with Crippen LogP contribution in [-0.2, 0) is 7.05 Å². The zero-order chi connectivity index (χ0) is 13.7. The number of allylic oxidation sites excluding steroid dienone is 1. The molecule has 1 aromatic heterocycles. The molecule has 0 atom stereocenters. The number of hydrogen-bond donors (Lipinski definition) is 0. The Hall–Kier alpha value is -2.36. The minimum Gasteiger partial charge on any atom is -0.493 e. The summed E-state index contributed by atoms with van der Waals surface area (Å²) in [5.74, 6) is 0.708. The van der Waals surface area contributed by atoms with E-state index in [-0.39, 0.29) is 5.78 Å². The van der Waals surface area contributed by atoms with Gasteiger partial charge in [-0.2, -0.15) is 5.10 Å². The predicted molar refractivity (Wildman–Crippen MR) is 74.2 cm³/mol. The second kappa shape index (κ2) is 6.00. The Kier molecular flexibility index (Phi) is 4.13. The van der Waals surface area contributed by atoms with Crippen LogP contribution in [0.2, 0.25) is 0 Å². The smallest absolute Gasteiger partial charge is 0.189 e. The third kappa shape index (κ3) is 3.31. The molecule has 1 aromatic carbocycles. The second-order valence-electron chi connectivity index (χ2n) is 4.07. The number of benzene rings is 1. The maximum atomic E-state index is 11.9. The van der Waals surface area contributed by atoms with Crippen LogP contribution in [0, 0.1) is 0 Å². The van der Waals surface area contributed by atoms with Crippen LogP contribution in [0.25, 0.3) is 6.08 Å². The second-order valence-corrected chi connectivity index (χ2v) is 4.07. The molecule has 0 saturated heterocycles. The van der Waals surface area contributed by atoms with Crippen molar-refractivity contribution < 1.29 is 9.53 Å². The van der Waals surface area contributed by atoms with Gasteiger partial charge in [-0.1, -0.05) is 18.2 Å². The number of aryl methyl sites for hydroxylation is 1. The van der Waals surface area contributed by atoms with Crippen LogP contribution >= 0.6 is 0 Å². The summed E-state index contributed by atoms with van der Waals surface area (Å²) in [6.07, 6.45) is 6.55. The van der Waals surface area contributed by atoms with Crippen molar-refractivity contribution in [3.05, 3.63) is 53.9 Å². The van der Waals surface area contributed by atoms with Crippen LogP contribution in [0.5, 0.6) is 5.75 Å². The van der Waals surface area contributed by atoms with Gasteiger partial charge in [0.05, 0.1) is 18.4 Å². The molecule has 0 radical (unpaired) electrons. The standard InChI is InChI=1S/C15H16N2O2/c1-3-19-15-7-5-4-6-12(15)8-9-14(18)13-10-16-17(2)11-13/h4-11H,3H2,1-2H3/b9-8+. The van der Waals surface area contributed by atoms with Gasteiger partial charge in [-0.15, -0.1) is 0 Å². The Morgan fingerprint density at radius 1 is 1.42 bits per heavy atom. The summed E-state index contributed by atoms with van der Waals surface area (Å²) < 4.78 is 7.11. The first-order valence-electron chi connectivity index (χ1n) is 6.13. The number of carbonyl (C=O) groups excluding carboxylic acids is 1. The summed E-state index contributed by atoms with van der Waals surface area (Å²) in [7, 11) is 1.78. The quantitative estimate of drug-likeness (QED) is 0.610. The molecule has 2 aromatic rings. The fourth-order valence-electron chi connectivity index (χ4n) is 1.72. The molecule has 0 fully saturated rings. The normalized spacial score (nSPS) is 10.8. The van der Waals surface area contributed by atoms with Gasteiger partial charge in [0.1, 0.15) is 5.75 Å². The Bertz CT molecular complexity index is 600. The summed E-state index contributed by atoms with van der Waals surface area (Å²) in [6, 6.07) is 7.62. The Labute approximate surface area is 112 Å². The molecule has 0 saturated carbocycles. The first kappa shape index (κ1) is 13.1. The number of ether oxygens (including phenoxy) is 1. The van der Waals surface area contributed by atoms with E-state index >= 15 is 0 Å². The van der Waals surface area contributed by atoms with Gasteiger partial charge in [0.2, 0.25) is 0 Å². The van der Waals surface area contributed by atoms with Gasteiger partial charge < -0.3 is 4.74 Å². The lowest BCUT2D eigenvalue weighted by atomic mass is 10.1. The third-order valence-electron chi connectivity index (χ3n) is 2.62. The summed E-state index contributed by atoms with van der Waals surface area (Å²) in [5.41, 5.74) is 1.47. The van der Waals surface area contributed by atoms with E-state index in [1.165, 1.54) is 6.08 Å². The highest BCUT2D eigenvalue weighted by Crippen LogP contribution is 2.19.